The number of pyridine rings is 1. The lowest BCUT2D eigenvalue weighted by Gasteiger charge is -2.40. The number of aliphatic hydroxyl groups excluding tert-OH is 1. The zero-order chi connectivity index (χ0) is 59.6. The van der Waals surface area contributed by atoms with Crippen LogP contribution in [0, 0.1) is 29.9 Å². The minimum absolute atomic E-state index is 0.00674. The molecule has 5 atom stereocenters. The number of nitrogens with one attached hydrogen (secondary N) is 4. The molecule has 0 radical (unpaired) electrons. The number of halogens is 3. The summed E-state index contributed by atoms with van der Waals surface area (Å²) in [5.41, 5.74) is 5.06. The van der Waals surface area contributed by atoms with Gasteiger partial charge in [-0.25, -0.2) is 23.1 Å². The first-order valence-corrected chi connectivity index (χ1v) is 30.8. The lowest BCUT2D eigenvalue weighted by Crippen LogP contribution is -2.59. The number of piperazine rings is 1. The van der Waals surface area contributed by atoms with Gasteiger partial charge in [-0.1, -0.05) is 57.2 Å². The highest BCUT2D eigenvalue weighted by atomic mass is 32.2. The highest BCUT2D eigenvalue weighted by Gasteiger charge is 2.45. The normalized spacial score (nSPS) is 20.3. The summed E-state index contributed by atoms with van der Waals surface area (Å²) in [5, 5.41) is 17.2. The first kappa shape index (κ1) is 60.3. The molecule has 24 heteroatoms. The SMILES string of the molecule is COC[C@H](NC(=O)C1C[C@@H](O)CN1C(=O)[C@@H](NC(=O)CN1CCC(CN2CCN(c3ccc(-c4cnc5[nH]cc(C(=O)c6c(F)ccc(NS(=O)(=O)N7CC[C@@H](F)C7)c6F)c5c4)cc3)CC2)CC1)C(C)(C)C)c1ccc(-c2scnc2C)cc1. The van der Waals surface area contributed by atoms with Crippen LogP contribution in [-0.4, -0.2) is 181 Å². The summed E-state index contributed by atoms with van der Waals surface area (Å²) in [6.07, 6.45) is 2.58. The first-order valence-electron chi connectivity index (χ1n) is 28.4. The van der Waals surface area contributed by atoms with E-state index in [9.17, 15) is 37.1 Å². The minimum atomic E-state index is -4.38. The van der Waals surface area contributed by atoms with Crippen molar-refractivity contribution in [1.82, 2.24) is 44.6 Å². The summed E-state index contributed by atoms with van der Waals surface area (Å²) < 4.78 is 79.0. The molecule has 4 saturated heterocycles. The number of benzene rings is 3. The highest BCUT2D eigenvalue weighted by Crippen LogP contribution is 2.34. The third kappa shape index (κ3) is 13.5. The lowest BCUT2D eigenvalue weighted by atomic mass is 9.85. The van der Waals surface area contributed by atoms with E-state index in [4.69, 9.17) is 4.74 Å². The number of carbonyl (C=O) groups excluding carboxylic acids is 4. The van der Waals surface area contributed by atoms with Gasteiger partial charge in [-0.3, -0.25) is 33.7 Å². The fourth-order valence-electron chi connectivity index (χ4n) is 11.8. The van der Waals surface area contributed by atoms with Crippen LogP contribution in [0.3, 0.4) is 0 Å². The second-order valence-corrected chi connectivity index (χ2v) is 26.0. The van der Waals surface area contributed by atoms with Gasteiger partial charge in [0.15, 0.2) is 5.82 Å². The standard InChI is InChI=1S/C60H72F3N11O8S2/c1-36-55(83-35-66-36)40-8-6-39(7-9-40)49(34-82-5)67-58(78)50-27-44(75)32-74(50)59(79)56(60(2,3)4)68-51(76)33-70-19-16-37(17-20-70)30-71-22-24-72(25-23-71)43-12-10-38(11-13-43)41-26-45-46(29-65-57(45)64-28-41)54(77)52-47(62)14-15-48(53(52)63)69-84(80,81)73-21-18-42(61)31-73/h6-15,26,28-29,35,37,42,44,49-50,56,69,75H,16-25,27,30-34H2,1-5H3,(H,64,65)(H,67,78)(H,68,76)/t42-,44-,49+,50?,56-/m1/s1. The van der Waals surface area contributed by atoms with Crippen LogP contribution in [-0.2, 0) is 29.3 Å². The number of aromatic nitrogens is 3. The molecule has 3 amide bonds. The number of alkyl halides is 1. The summed E-state index contributed by atoms with van der Waals surface area (Å²) in [6.45, 7) is 13.2. The molecular formula is C60H72F3N11O8S2. The van der Waals surface area contributed by atoms with E-state index >= 15 is 8.78 Å². The predicted molar refractivity (Wildman–Crippen MR) is 315 cm³/mol. The molecule has 4 aliphatic heterocycles. The average Bonchev–Trinajstić information content (AvgIpc) is 4.46. The maximum Gasteiger partial charge on any atom is 0.301 e. The van der Waals surface area contributed by atoms with E-state index < -0.39 is 93.1 Å². The van der Waals surface area contributed by atoms with E-state index in [0.29, 0.717) is 22.5 Å². The van der Waals surface area contributed by atoms with Crippen molar-refractivity contribution in [2.24, 2.45) is 11.3 Å². The van der Waals surface area contributed by atoms with E-state index in [1.54, 1.807) is 36.2 Å². The number of hydrogen-bond acceptors (Lipinski definition) is 14. The van der Waals surface area contributed by atoms with Gasteiger partial charge in [0, 0.05) is 100 Å². The van der Waals surface area contributed by atoms with Gasteiger partial charge < -0.3 is 35.3 Å². The predicted octanol–water partition coefficient (Wildman–Crippen LogP) is 6.70. The Bertz CT molecular complexity index is 3470. The van der Waals surface area contributed by atoms with Crippen molar-refractivity contribution in [2.45, 2.75) is 83.8 Å². The largest absolute Gasteiger partial charge is 0.391 e. The van der Waals surface area contributed by atoms with Crippen LogP contribution in [0.2, 0.25) is 0 Å². The number of methoxy groups -OCH3 is 1. The second kappa shape index (κ2) is 25.4. The number of aromatic amines is 1. The second-order valence-electron chi connectivity index (χ2n) is 23.5. The number of rotatable bonds is 19. The summed E-state index contributed by atoms with van der Waals surface area (Å²) in [4.78, 5) is 77.2. The number of nitrogens with zero attached hydrogens (tertiary/aromatic N) is 7. The number of amides is 3. The summed E-state index contributed by atoms with van der Waals surface area (Å²) in [7, 11) is -2.82. The Morgan fingerprint density at radius 2 is 1.58 bits per heavy atom. The van der Waals surface area contributed by atoms with Gasteiger partial charge in [-0.05, 0) is 97.6 Å². The van der Waals surface area contributed by atoms with Crippen molar-refractivity contribution in [3.05, 3.63) is 119 Å². The zero-order valence-corrected chi connectivity index (χ0v) is 49.4. The van der Waals surface area contributed by atoms with Crippen LogP contribution in [0.15, 0.2) is 84.6 Å². The first-order chi connectivity index (χ1) is 40.1. The Labute approximate surface area is 491 Å². The topological polar surface area (TPSA) is 226 Å². The monoisotopic (exact) mass is 1200 g/mol. The summed E-state index contributed by atoms with van der Waals surface area (Å²) in [6, 6.07) is 16.8. The third-order valence-corrected chi connectivity index (χ3v) is 19.0. The van der Waals surface area contributed by atoms with Crippen LogP contribution in [0.25, 0.3) is 32.6 Å². The molecule has 3 aromatic carbocycles. The molecular weight excluding hydrogens is 1120 g/mol. The molecule has 0 saturated carbocycles. The van der Waals surface area contributed by atoms with Crippen molar-refractivity contribution in [3.8, 4) is 21.6 Å². The van der Waals surface area contributed by atoms with Gasteiger partial charge in [0.2, 0.25) is 23.5 Å². The van der Waals surface area contributed by atoms with Crippen molar-refractivity contribution in [1.29, 1.82) is 0 Å². The van der Waals surface area contributed by atoms with Gasteiger partial charge in [0.1, 0.15) is 29.7 Å². The Hall–Kier alpha value is -6.80. The molecule has 84 heavy (non-hydrogen) atoms. The number of ether oxygens (including phenoxy) is 1. The highest BCUT2D eigenvalue weighted by molar-refractivity contribution is 7.90. The smallest absolute Gasteiger partial charge is 0.301 e. The molecule has 3 aromatic heterocycles. The maximum atomic E-state index is 15.8. The fraction of sp³-hybridized carbons (Fsp3) is 0.467. The maximum absolute atomic E-state index is 15.8. The Kier molecular flexibility index (Phi) is 18.3. The number of H-pyrrole nitrogens is 1. The van der Waals surface area contributed by atoms with Gasteiger partial charge in [-0.2, -0.15) is 12.7 Å². The molecule has 0 aliphatic carbocycles. The number of hydrogen-bond donors (Lipinski definition) is 5. The van der Waals surface area contributed by atoms with Gasteiger partial charge in [0.05, 0.1) is 52.6 Å². The quantitative estimate of drug-likeness (QED) is 0.0533. The molecule has 448 valence electrons. The molecule has 0 bridgehead atoms. The van der Waals surface area contributed by atoms with Gasteiger partial charge in [0.25, 0.3) is 0 Å². The minimum Gasteiger partial charge on any atom is -0.391 e. The third-order valence-electron chi connectivity index (χ3n) is 16.5. The van der Waals surface area contributed by atoms with Crippen LogP contribution < -0.4 is 20.3 Å². The van der Waals surface area contributed by atoms with Crippen LogP contribution in [0.4, 0.5) is 24.5 Å². The van der Waals surface area contributed by atoms with Crippen molar-refractivity contribution >= 4 is 67.5 Å². The Morgan fingerprint density at radius 3 is 2.24 bits per heavy atom. The molecule has 1 unspecified atom stereocenters. The number of fused-ring (bicyclic) bond motifs is 1. The van der Waals surface area contributed by atoms with Crippen molar-refractivity contribution in [2.75, 3.05) is 95.3 Å². The van der Waals surface area contributed by atoms with Crippen molar-refractivity contribution < 1.29 is 50.6 Å². The molecule has 10 rings (SSSR count). The fourth-order valence-corrected chi connectivity index (χ4v) is 13.9. The number of thiazole rings is 1. The number of anilines is 2. The van der Waals surface area contributed by atoms with Crippen LogP contribution in [0.1, 0.15) is 79.7 Å². The number of piperidine rings is 1. The number of aryl methyl sites for hydroxylation is 1. The summed E-state index contributed by atoms with van der Waals surface area (Å²) in [5.74, 6) is -4.24. The molecule has 7 heterocycles. The number of likely N-dealkylation sites (tertiary alicyclic amines) is 2. The molecule has 5 N–H and O–H groups in total. The van der Waals surface area contributed by atoms with E-state index in [2.05, 4.69) is 40.3 Å². The van der Waals surface area contributed by atoms with Crippen LogP contribution in [0.5, 0.6) is 0 Å². The van der Waals surface area contributed by atoms with E-state index in [-0.39, 0.29) is 50.6 Å². The summed E-state index contributed by atoms with van der Waals surface area (Å²) >= 11 is 1.56. The van der Waals surface area contributed by atoms with E-state index in [0.717, 1.165) is 108 Å². The molecule has 6 aromatic rings. The Balaban J connectivity index is 0.687. The Morgan fingerprint density at radius 1 is 0.869 bits per heavy atom. The number of carbonyl (C=O) groups is 4. The van der Waals surface area contributed by atoms with Crippen molar-refractivity contribution in [3.63, 3.8) is 0 Å². The molecule has 4 fully saturated rings. The molecule has 19 nitrogen and oxygen atoms in total. The zero-order valence-electron chi connectivity index (χ0n) is 47.7. The average molecular weight is 1200 g/mol. The number of ketones is 1. The van der Waals surface area contributed by atoms with E-state index in [1.165, 1.54) is 11.1 Å². The van der Waals surface area contributed by atoms with Gasteiger partial charge >= 0.3 is 10.2 Å². The van der Waals surface area contributed by atoms with E-state index in [1.807, 2.05) is 80.9 Å². The molecule has 4 aliphatic rings. The lowest BCUT2D eigenvalue weighted by molar-refractivity contribution is -0.144. The number of aliphatic hydroxyl groups is 1. The number of β-amino-alcohol motifs (C(OH)–C–C–N with tert-alkyl or cyclic N) is 1. The van der Waals surface area contributed by atoms with Gasteiger partial charge in [-0.15, -0.1) is 11.3 Å². The molecule has 0 spiro atoms. The van der Waals surface area contributed by atoms with Crippen LogP contribution >= 0.6 is 11.3 Å².